The van der Waals surface area contributed by atoms with Gasteiger partial charge in [0.1, 0.15) is 17.7 Å². The van der Waals surface area contributed by atoms with Gasteiger partial charge in [0.2, 0.25) is 0 Å². The topological polar surface area (TPSA) is 47.6 Å². The van der Waals surface area contributed by atoms with Crippen LogP contribution in [-0.4, -0.2) is 0 Å². The smallest absolute Gasteiger partial charge is 0.133 e. The Morgan fingerprint density at radius 2 is 1.55 bits per heavy atom. The zero-order chi connectivity index (χ0) is 14.7. The van der Waals surface area contributed by atoms with E-state index in [1.54, 1.807) is 0 Å². The molecule has 0 heterocycles. The average molecular weight is 260 g/mol. The van der Waals surface area contributed by atoms with Crippen LogP contribution in [0.1, 0.15) is 37.8 Å². The lowest BCUT2D eigenvalue weighted by molar-refractivity contribution is 0.869. The third-order valence-electron chi connectivity index (χ3n) is 3.56. The van der Waals surface area contributed by atoms with Gasteiger partial charge in [-0.05, 0) is 46.4 Å². The first-order valence-electron chi connectivity index (χ1n) is 6.62. The minimum Gasteiger partial charge on any atom is -0.192 e. The van der Waals surface area contributed by atoms with Gasteiger partial charge in [-0.2, -0.15) is 10.5 Å². The average Bonchev–Trinajstić information content (AvgIpc) is 2.47. The standard InChI is InChI=1S/C18H16N2/c1-12(2)14-4-6-17-9-15(5-7-16(17)8-14)13(3)18(10-19)11-20/h4-9,12H,1-3H3. The number of rotatable bonds is 2. The Hall–Kier alpha value is -2.58. The number of benzene rings is 2. The van der Waals surface area contributed by atoms with Crippen molar-refractivity contribution >= 4 is 16.3 Å². The summed E-state index contributed by atoms with van der Waals surface area (Å²) in [6.45, 7) is 6.16. The summed E-state index contributed by atoms with van der Waals surface area (Å²) in [6, 6.07) is 16.3. The molecule has 2 aromatic carbocycles. The van der Waals surface area contributed by atoms with Crippen molar-refractivity contribution in [2.24, 2.45) is 0 Å². The molecule has 2 heteroatoms. The van der Waals surface area contributed by atoms with Crippen LogP contribution in [0.5, 0.6) is 0 Å². The minimum absolute atomic E-state index is 0.170. The number of hydrogen-bond acceptors (Lipinski definition) is 2. The van der Waals surface area contributed by atoms with Crippen LogP contribution in [0.4, 0.5) is 0 Å². The van der Waals surface area contributed by atoms with Crippen LogP contribution in [0.15, 0.2) is 42.0 Å². The summed E-state index contributed by atoms with van der Waals surface area (Å²) in [5, 5.41) is 20.2. The van der Waals surface area contributed by atoms with Crippen molar-refractivity contribution in [3.8, 4) is 12.1 Å². The first-order valence-corrected chi connectivity index (χ1v) is 6.62. The van der Waals surface area contributed by atoms with Crippen molar-refractivity contribution in [1.82, 2.24) is 0 Å². The molecule has 20 heavy (non-hydrogen) atoms. The molecule has 0 aliphatic rings. The summed E-state index contributed by atoms with van der Waals surface area (Å²) in [7, 11) is 0. The molecule has 0 saturated carbocycles. The predicted octanol–water partition coefficient (Wildman–Crippen LogP) is 4.78. The maximum absolute atomic E-state index is 8.94. The predicted molar refractivity (Wildman–Crippen MR) is 81.9 cm³/mol. The van der Waals surface area contributed by atoms with Crippen LogP contribution in [0.3, 0.4) is 0 Å². The molecule has 2 nitrogen and oxygen atoms in total. The molecule has 0 atom stereocenters. The van der Waals surface area contributed by atoms with E-state index in [4.69, 9.17) is 10.5 Å². The zero-order valence-corrected chi connectivity index (χ0v) is 11.9. The molecule has 0 fully saturated rings. The second-order valence-corrected chi connectivity index (χ2v) is 5.20. The molecule has 0 aliphatic carbocycles. The third-order valence-corrected chi connectivity index (χ3v) is 3.56. The first kappa shape index (κ1) is 13.8. The summed E-state index contributed by atoms with van der Waals surface area (Å²) < 4.78 is 0. The largest absolute Gasteiger partial charge is 0.192 e. The Bertz CT molecular complexity index is 752. The van der Waals surface area contributed by atoms with Crippen LogP contribution >= 0.6 is 0 Å². The van der Waals surface area contributed by atoms with E-state index in [9.17, 15) is 0 Å². The molecule has 2 aromatic rings. The van der Waals surface area contributed by atoms with E-state index < -0.39 is 0 Å². The van der Waals surface area contributed by atoms with E-state index in [-0.39, 0.29) is 5.57 Å². The van der Waals surface area contributed by atoms with Crippen molar-refractivity contribution in [2.45, 2.75) is 26.7 Å². The van der Waals surface area contributed by atoms with E-state index in [0.29, 0.717) is 5.92 Å². The second-order valence-electron chi connectivity index (χ2n) is 5.20. The Morgan fingerprint density at radius 1 is 0.950 bits per heavy atom. The van der Waals surface area contributed by atoms with E-state index >= 15 is 0 Å². The van der Waals surface area contributed by atoms with Gasteiger partial charge in [0.25, 0.3) is 0 Å². The van der Waals surface area contributed by atoms with Crippen molar-refractivity contribution in [1.29, 1.82) is 10.5 Å². The van der Waals surface area contributed by atoms with Crippen LogP contribution < -0.4 is 0 Å². The maximum Gasteiger partial charge on any atom is 0.133 e. The fourth-order valence-electron chi connectivity index (χ4n) is 2.19. The molecule has 0 N–H and O–H groups in total. The number of nitrogens with zero attached hydrogens (tertiary/aromatic N) is 2. The number of hydrogen-bond donors (Lipinski definition) is 0. The van der Waals surface area contributed by atoms with Crippen LogP contribution in [0, 0.1) is 22.7 Å². The molecule has 0 bridgehead atoms. The first-order chi connectivity index (χ1) is 9.56. The Morgan fingerprint density at radius 3 is 2.15 bits per heavy atom. The number of fused-ring (bicyclic) bond motifs is 1. The molecular weight excluding hydrogens is 244 g/mol. The quantitative estimate of drug-likeness (QED) is 0.729. The van der Waals surface area contributed by atoms with E-state index in [2.05, 4.69) is 32.0 Å². The van der Waals surface area contributed by atoms with Gasteiger partial charge in [0, 0.05) is 0 Å². The molecule has 0 saturated heterocycles. The molecule has 0 aliphatic heterocycles. The van der Waals surface area contributed by atoms with Gasteiger partial charge in [-0.1, -0.05) is 44.2 Å². The van der Waals surface area contributed by atoms with E-state index in [1.165, 1.54) is 10.9 Å². The van der Waals surface area contributed by atoms with Crippen molar-refractivity contribution < 1.29 is 0 Å². The normalized spacial score (nSPS) is 10.1. The van der Waals surface area contributed by atoms with E-state index in [1.807, 2.05) is 37.3 Å². The fraction of sp³-hybridized carbons (Fsp3) is 0.222. The Labute approximate surface area is 119 Å². The monoisotopic (exact) mass is 260 g/mol. The summed E-state index contributed by atoms with van der Waals surface area (Å²) in [5.74, 6) is 0.504. The summed E-state index contributed by atoms with van der Waals surface area (Å²) in [6.07, 6.45) is 0. The molecular formula is C18H16N2. The highest BCUT2D eigenvalue weighted by Crippen LogP contribution is 2.26. The minimum atomic E-state index is 0.170. The van der Waals surface area contributed by atoms with Gasteiger partial charge < -0.3 is 0 Å². The van der Waals surface area contributed by atoms with Gasteiger partial charge in [-0.25, -0.2) is 0 Å². The van der Waals surface area contributed by atoms with E-state index in [0.717, 1.165) is 16.5 Å². The molecule has 0 aromatic heterocycles. The highest BCUT2D eigenvalue weighted by Gasteiger charge is 2.06. The molecule has 0 radical (unpaired) electrons. The van der Waals surface area contributed by atoms with Gasteiger partial charge in [-0.15, -0.1) is 0 Å². The highest BCUT2D eigenvalue weighted by atomic mass is 14.3. The van der Waals surface area contributed by atoms with Crippen LogP contribution in [-0.2, 0) is 0 Å². The maximum atomic E-state index is 8.94. The van der Waals surface area contributed by atoms with Crippen molar-refractivity contribution in [3.63, 3.8) is 0 Å². The molecule has 2 rings (SSSR count). The molecule has 0 unspecified atom stereocenters. The molecule has 0 spiro atoms. The lowest BCUT2D eigenvalue weighted by atomic mass is 9.96. The lowest BCUT2D eigenvalue weighted by Crippen LogP contribution is -1.88. The van der Waals surface area contributed by atoms with Crippen molar-refractivity contribution in [3.05, 3.63) is 53.1 Å². The van der Waals surface area contributed by atoms with Gasteiger partial charge in [-0.3, -0.25) is 0 Å². The van der Waals surface area contributed by atoms with Gasteiger partial charge in [0.15, 0.2) is 0 Å². The molecule has 0 amide bonds. The van der Waals surface area contributed by atoms with Gasteiger partial charge >= 0.3 is 0 Å². The summed E-state index contributed by atoms with van der Waals surface area (Å²) in [4.78, 5) is 0. The zero-order valence-electron chi connectivity index (χ0n) is 11.9. The number of nitriles is 2. The molecule has 98 valence electrons. The van der Waals surface area contributed by atoms with Crippen molar-refractivity contribution in [2.75, 3.05) is 0 Å². The Kier molecular flexibility index (Phi) is 3.87. The van der Waals surface area contributed by atoms with Crippen LogP contribution in [0.25, 0.3) is 16.3 Å². The van der Waals surface area contributed by atoms with Crippen LogP contribution in [0.2, 0.25) is 0 Å². The highest BCUT2D eigenvalue weighted by molar-refractivity contribution is 5.88. The summed E-state index contributed by atoms with van der Waals surface area (Å²) >= 11 is 0. The second kappa shape index (κ2) is 5.59. The SMILES string of the molecule is CC(=C(C#N)C#N)c1ccc2cc(C(C)C)ccc2c1. The fourth-order valence-corrected chi connectivity index (χ4v) is 2.19. The number of allylic oxidation sites excluding steroid dienone is 2. The summed E-state index contributed by atoms with van der Waals surface area (Å²) in [5.41, 5.74) is 3.13. The third kappa shape index (κ3) is 2.56. The van der Waals surface area contributed by atoms with Gasteiger partial charge in [0.05, 0.1) is 0 Å². The Balaban J connectivity index is 2.57. The lowest BCUT2D eigenvalue weighted by Gasteiger charge is -2.09.